The van der Waals surface area contributed by atoms with E-state index in [2.05, 4.69) is 20.8 Å². The summed E-state index contributed by atoms with van der Waals surface area (Å²) < 4.78 is 12.4. The summed E-state index contributed by atoms with van der Waals surface area (Å²) >= 11 is 0. The molecular formula is C18H35NO3. The predicted molar refractivity (Wildman–Crippen MR) is 88.5 cm³/mol. The third kappa shape index (κ3) is 4.44. The van der Waals surface area contributed by atoms with E-state index in [-0.39, 0.29) is 11.9 Å². The molecule has 0 aromatic carbocycles. The highest BCUT2D eigenvalue weighted by Gasteiger charge is 2.46. The number of hydrogen-bond acceptors (Lipinski definition) is 4. The van der Waals surface area contributed by atoms with Gasteiger partial charge < -0.3 is 14.3 Å². The van der Waals surface area contributed by atoms with Crippen molar-refractivity contribution in [1.82, 2.24) is 5.06 Å². The summed E-state index contributed by atoms with van der Waals surface area (Å²) in [5, 5.41) is 1.85. The van der Waals surface area contributed by atoms with Crippen LogP contribution >= 0.6 is 0 Å². The third-order valence-corrected chi connectivity index (χ3v) is 5.74. The summed E-state index contributed by atoms with van der Waals surface area (Å²) in [5.41, 5.74) is 0.454. The number of hydroxylamine groups is 2. The second-order valence-corrected chi connectivity index (χ2v) is 7.80. The molecule has 1 saturated heterocycles. The van der Waals surface area contributed by atoms with Crippen LogP contribution in [-0.2, 0) is 14.3 Å². The van der Waals surface area contributed by atoms with Gasteiger partial charge in [0.25, 0.3) is 0 Å². The van der Waals surface area contributed by atoms with Crippen molar-refractivity contribution in [2.75, 3.05) is 27.3 Å². The fraction of sp³-hybridized carbons (Fsp3) is 1.00. The van der Waals surface area contributed by atoms with Crippen molar-refractivity contribution in [2.45, 2.75) is 77.6 Å². The van der Waals surface area contributed by atoms with Crippen molar-refractivity contribution in [2.24, 2.45) is 11.3 Å². The fourth-order valence-corrected chi connectivity index (χ4v) is 4.13. The Morgan fingerprint density at radius 3 is 2.55 bits per heavy atom. The van der Waals surface area contributed by atoms with Gasteiger partial charge in [0.1, 0.15) is 0 Å². The molecule has 1 aliphatic heterocycles. The van der Waals surface area contributed by atoms with Gasteiger partial charge in [0.2, 0.25) is 0 Å². The topological polar surface area (TPSA) is 30.9 Å². The van der Waals surface area contributed by atoms with Gasteiger partial charge in [-0.15, -0.1) is 0 Å². The molecule has 1 unspecified atom stereocenters. The first-order valence-corrected chi connectivity index (χ1v) is 8.98. The average Bonchev–Trinajstić information content (AvgIpc) is 2.88. The van der Waals surface area contributed by atoms with Crippen LogP contribution in [-0.4, -0.2) is 44.3 Å². The van der Waals surface area contributed by atoms with Crippen LogP contribution in [0.4, 0.5) is 0 Å². The molecule has 2 aliphatic rings. The first-order chi connectivity index (χ1) is 10.4. The standard InChI is InChI=1S/C18H35NO3/c1-6-10-17(2,3)15-7-11-18(12-8-15)21-14-16(22-18)9-13-19(4)20-5/h15-16H,6-14H2,1-5H3. The number of nitrogens with zero attached hydrogens (tertiary/aromatic N) is 1. The van der Waals surface area contributed by atoms with Gasteiger partial charge in [-0.2, -0.15) is 5.06 Å². The van der Waals surface area contributed by atoms with Gasteiger partial charge in [-0.25, -0.2) is 0 Å². The molecule has 0 amide bonds. The quantitative estimate of drug-likeness (QED) is 0.665. The monoisotopic (exact) mass is 313 g/mol. The molecule has 1 atom stereocenters. The largest absolute Gasteiger partial charge is 0.347 e. The van der Waals surface area contributed by atoms with Crippen molar-refractivity contribution in [3.8, 4) is 0 Å². The molecule has 22 heavy (non-hydrogen) atoms. The van der Waals surface area contributed by atoms with E-state index in [0.717, 1.165) is 38.3 Å². The molecule has 2 rings (SSSR count). The van der Waals surface area contributed by atoms with Crippen LogP contribution in [0.15, 0.2) is 0 Å². The summed E-state index contributed by atoms with van der Waals surface area (Å²) in [6.07, 6.45) is 8.36. The van der Waals surface area contributed by atoms with Crippen LogP contribution in [0.2, 0.25) is 0 Å². The lowest BCUT2D eigenvalue weighted by Crippen LogP contribution is -2.39. The summed E-state index contributed by atoms with van der Waals surface area (Å²) in [6.45, 7) is 8.77. The first kappa shape index (κ1) is 18.2. The SMILES string of the molecule is CCCC(C)(C)C1CCC2(CC1)OCC(CCN(C)OC)O2. The van der Waals surface area contributed by atoms with Gasteiger partial charge in [-0.1, -0.05) is 27.2 Å². The minimum Gasteiger partial charge on any atom is -0.347 e. The first-order valence-electron chi connectivity index (χ1n) is 8.98. The van der Waals surface area contributed by atoms with Gasteiger partial charge in [0.15, 0.2) is 5.79 Å². The lowest BCUT2D eigenvalue weighted by Gasteiger charge is -2.42. The molecule has 1 saturated carbocycles. The van der Waals surface area contributed by atoms with E-state index in [1.165, 1.54) is 25.7 Å². The number of rotatable bonds is 7. The Morgan fingerprint density at radius 2 is 1.95 bits per heavy atom. The maximum Gasteiger partial charge on any atom is 0.168 e. The minimum absolute atomic E-state index is 0.220. The Kier molecular flexibility index (Phi) is 6.29. The summed E-state index contributed by atoms with van der Waals surface area (Å²) in [4.78, 5) is 5.16. The Hall–Kier alpha value is -0.160. The van der Waals surface area contributed by atoms with Crippen LogP contribution in [0.1, 0.15) is 65.7 Å². The molecule has 130 valence electrons. The number of ether oxygens (including phenoxy) is 2. The van der Waals surface area contributed by atoms with Gasteiger partial charge in [-0.05, 0) is 37.0 Å². The molecule has 4 heteroatoms. The van der Waals surface area contributed by atoms with Crippen LogP contribution < -0.4 is 0 Å². The van der Waals surface area contributed by atoms with Gasteiger partial charge >= 0.3 is 0 Å². The Bertz CT molecular complexity index is 337. The Morgan fingerprint density at radius 1 is 1.27 bits per heavy atom. The maximum atomic E-state index is 6.30. The highest BCUT2D eigenvalue weighted by molar-refractivity contribution is 4.90. The van der Waals surface area contributed by atoms with Crippen LogP contribution in [0, 0.1) is 11.3 Å². The molecule has 0 bridgehead atoms. The van der Waals surface area contributed by atoms with Crippen molar-refractivity contribution >= 4 is 0 Å². The summed E-state index contributed by atoms with van der Waals surface area (Å²) in [5.74, 6) is 0.527. The van der Waals surface area contributed by atoms with E-state index < -0.39 is 0 Å². The highest BCUT2D eigenvalue weighted by atomic mass is 16.7. The van der Waals surface area contributed by atoms with Crippen molar-refractivity contribution < 1.29 is 14.3 Å². The van der Waals surface area contributed by atoms with E-state index in [1.54, 1.807) is 7.11 Å². The summed E-state index contributed by atoms with van der Waals surface area (Å²) in [7, 11) is 3.65. The van der Waals surface area contributed by atoms with E-state index in [9.17, 15) is 0 Å². The van der Waals surface area contributed by atoms with E-state index >= 15 is 0 Å². The van der Waals surface area contributed by atoms with Gasteiger partial charge in [0, 0.05) is 26.4 Å². The lowest BCUT2D eigenvalue weighted by atomic mass is 9.68. The van der Waals surface area contributed by atoms with Crippen molar-refractivity contribution in [3.63, 3.8) is 0 Å². The normalized spacial score (nSPS) is 33.0. The minimum atomic E-state index is -0.283. The van der Waals surface area contributed by atoms with E-state index in [4.69, 9.17) is 14.3 Å². The van der Waals surface area contributed by atoms with E-state index in [0.29, 0.717) is 5.41 Å². The zero-order valence-corrected chi connectivity index (χ0v) is 15.2. The van der Waals surface area contributed by atoms with Crippen LogP contribution in [0.3, 0.4) is 0 Å². The van der Waals surface area contributed by atoms with Crippen molar-refractivity contribution in [1.29, 1.82) is 0 Å². The average molecular weight is 313 g/mol. The second kappa shape index (κ2) is 7.61. The molecule has 0 radical (unpaired) electrons. The smallest absolute Gasteiger partial charge is 0.168 e. The highest BCUT2D eigenvalue weighted by Crippen LogP contribution is 2.47. The predicted octanol–water partition coefficient (Wildman–Crippen LogP) is 4.00. The molecule has 0 N–H and O–H groups in total. The van der Waals surface area contributed by atoms with Gasteiger partial charge in [-0.3, -0.25) is 0 Å². The lowest BCUT2D eigenvalue weighted by molar-refractivity contribution is -0.199. The summed E-state index contributed by atoms with van der Waals surface area (Å²) in [6, 6.07) is 0. The molecule has 1 aliphatic carbocycles. The zero-order valence-electron chi connectivity index (χ0n) is 15.2. The molecule has 2 fully saturated rings. The number of hydrogen-bond donors (Lipinski definition) is 0. The zero-order chi connectivity index (χ0) is 16.2. The Labute approximate surface area is 136 Å². The maximum absolute atomic E-state index is 6.30. The molecule has 1 spiro atoms. The molecule has 4 nitrogen and oxygen atoms in total. The molecular weight excluding hydrogens is 278 g/mol. The fourth-order valence-electron chi connectivity index (χ4n) is 4.13. The van der Waals surface area contributed by atoms with Crippen LogP contribution in [0.25, 0.3) is 0 Å². The second-order valence-electron chi connectivity index (χ2n) is 7.80. The van der Waals surface area contributed by atoms with Crippen LogP contribution in [0.5, 0.6) is 0 Å². The van der Waals surface area contributed by atoms with Crippen molar-refractivity contribution in [3.05, 3.63) is 0 Å². The molecule has 0 aromatic rings. The molecule has 0 aromatic heterocycles. The van der Waals surface area contributed by atoms with E-state index in [1.807, 2.05) is 12.1 Å². The van der Waals surface area contributed by atoms with Gasteiger partial charge in [0.05, 0.1) is 19.8 Å². The third-order valence-electron chi connectivity index (χ3n) is 5.74. The Balaban J connectivity index is 1.79. The molecule has 1 heterocycles.